The molecule has 0 aliphatic rings. The zero-order valence-electron chi connectivity index (χ0n) is 10.4. The van der Waals surface area contributed by atoms with Gasteiger partial charge in [-0.05, 0) is 43.0 Å². The molecule has 1 rings (SSSR count). The second kappa shape index (κ2) is 8.27. The van der Waals surface area contributed by atoms with Gasteiger partial charge in [0.25, 0.3) is 5.91 Å². The van der Waals surface area contributed by atoms with E-state index in [2.05, 4.69) is 11.6 Å². The normalized spacial score (nSPS) is 10.3. The molecule has 0 saturated heterocycles. The Bertz CT molecular complexity index is 399. The second-order valence-corrected chi connectivity index (χ2v) is 5.39. The third-order valence-electron chi connectivity index (χ3n) is 2.52. The molecule has 100 valence electrons. The molecule has 0 spiro atoms. The largest absolute Gasteiger partial charge is 0.507 e. The number of rotatable bonds is 7. The van der Waals surface area contributed by atoms with E-state index in [9.17, 15) is 9.90 Å². The lowest BCUT2D eigenvalue weighted by Gasteiger charge is -2.07. The van der Waals surface area contributed by atoms with Gasteiger partial charge in [-0.25, -0.2) is 0 Å². The number of unbranched alkanes of at least 4 members (excludes halogenated alkanes) is 2. The number of aromatic hydroxyl groups is 1. The average Bonchev–Trinajstić information content (AvgIpc) is 2.33. The number of hydrogen-bond donors (Lipinski definition) is 2. The second-order valence-electron chi connectivity index (χ2n) is 3.97. The average molecular weight is 288 g/mol. The minimum atomic E-state index is -0.256. The molecule has 0 unspecified atom stereocenters. The highest BCUT2D eigenvalue weighted by molar-refractivity contribution is 7.98. The highest BCUT2D eigenvalue weighted by Gasteiger charge is 2.10. The van der Waals surface area contributed by atoms with E-state index in [0.29, 0.717) is 11.6 Å². The Hall–Kier alpha value is -0.870. The Labute approximate surface area is 117 Å². The molecule has 0 fully saturated rings. The first-order valence-electron chi connectivity index (χ1n) is 5.91. The first kappa shape index (κ1) is 15.2. The van der Waals surface area contributed by atoms with Gasteiger partial charge in [0, 0.05) is 11.6 Å². The van der Waals surface area contributed by atoms with Crippen LogP contribution in [0.5, 0.6) is 5.75 Å². The summed E-state index contributed by atoms with van der Waals surface area (Å²) >= 11 is 7.54. The van der Waals surface area contributed by atoms with E-state index in [4.69, 9.17) is 11.6 Å². The lowest BCUT2D eigenvalue weighted by Crippen LogP contribution is -2.24. The number of amides is 1. The number of nitrogens with one attached hydrogen (secondary N) is 1. The van der Waals surface area contributed by atoms with E-state index in [-0.39, 0.29) is 17.2 Å². The van der Waals surface area contributed by atoms with Gasteiger partial charge in [-0.2, -0.15) is 11.8 Å². The Kier molecular flexibility index (Phi) is 6.98. The number of benzene rings is 1. The van der Waals surface area contributed by atoms with Crippen molar-refractivity contribution < 1.29 is 9.90 Å². The van der Waals surface area contributed by atoms with Crippen molar-refractivity contribution in [3.63, 3.8) is 0 Å². The van der Waals surface area contributed by atoms with Gasteiger partial charge in [0.15, 0.2) is 0 Å². The molecule has 1 aromatic rings. The van der Waals surface area contributed by atoms with Crippen LogP contribution in [-0.2, 0) is 0 Å². The molecular weight excluding hydrogens is 270 g/mol. The van der Waals surface area contributed by atoms with Crippen LogP contribution in [0.25, 0.3) is 0 Å². The fraction of sp³-hybridized carbons (Fsp3) is 0.462. The van der Waals surface area contributed by atoms with Crippen molar-refractivity contribution in [1.82, 2.24) is 5.32 Å². The molecule has 0 atom stereocenters. The highest BCUT2D eigenvalue weighted by Crippen LogP contribution is 2.21. The third-order valence-corrected chi connectivity index (χ3v) is 3.45. The van der Waals surface area contributed by atoms with Crippen LogP contribution in [0.2, 0.25) is 5.02 Å². The minimum Gasteiger partial charge on any atom is -0.507 e. The lowest BCUT2D eigenvalue weighted by atomic mass is 10.2. The smallest absolute Gasteiger partial charge is 0.255 e. The first-order valence-corrected chi connectivity index (χ1v) is 7.68. The van der Waals surface area contributed by atoms with E-state index in [0.717, 1.165) is 18.6 Å². The van der Waals surface area contributed by atoms with Gasteiger partial charge in [-0.15, -0.1) is 0 Å². The molecule has 1 aromatic carbocycles. The van der Waals surface area contributed by atoms with Crippen LogP contribution < -0.4 is 5.32 Å². The predicted molar refractivity (Wildman–Crippen MR) is 77.7 cm³/mol. The summed E-state index contributed by atoms with van der Waals surface area (Å²) in [6.07, 6.45) is 5.32. The van der Waals surface area contributed by atoms with E-state index < -0.39 is 0 Å². The van der Waals surface area contributed by atoms with Crippen molar-refractivity contribution in [1.29, 1.82) is 0 Å². The monoisotopic (exact) mass is 287 g/mol. The van der Waals surface area contributed by atoms with Crippen molar-refractivity contribution in [2.75, 3.05) is 18.6 Å². The maximum absolute atomic E-state index is 11.7. The van der Waals surface area contributed by atoms with Gasteiger partial charge < -0.3 is 10.4 Å². The van der Waals surface area contributed by atoms with Crippen LogP contribution in [0.3, 0.4) is 0 Å². The molecule has 18 heavy (non-hydrogen) atoms. The van der Waals surface area contributed by atoms with Gasteiger partial charge in [-0.3, -0.25) is 4.79 Å². The Balaban J connectivity index is 2.32. The number of halogens is 1. The number of thioether (sulfide) groups is 1. The zero-order valence-corrected chi connectivity index (χ0v) is 12.0. The van der Waals surface area contributed by atoms with E-state index in [1.807, 2.05) is 11.8 Å². The first-order chi connectivity index (χ1) is 8.65. The van der Waals surface area contributed by atoms with Gasteiger partial charge in [-0.1, -0.05) is 18.0 Å². The van der Waals surface area contributed by atoms with Crippen molar-refractivity contribution in [2.24, 2.45) is 0 Å². The Morgan fingerprint density at radius 2 is 2.17 bits per heavy atom. The lowest BCUT2D eigenvalue weighted by molar-refractivity contribution is 0.0950. The third kappa shape index (κ3) is 5.19. The van der Waals surface area contributed by atoms with Crippen molar-refractivity contribution >= 4 is 29.3 Å². The van der Waals surface area contributed by atoms with E-state index in [1.165, 1.54) is 18.6 Å². The highest BCUT2D eigenvalue weighted by atomic mass is 35.5. The summed E-state index contributed by atoms with van der Waals surface area (Å²) in [5.41, 5.74) is 0.267. The summed E-state index contributed by atoms with van der Waals surface area (Å²) in [5, 5.41) is 12.8. The molecular formula is C13H18ClNO2S. The molecule has 0 radical (unpaired) electrons. The van der Waals surface area contributed by atoms with Gasteiger partial charge in [0.05, 0.1) is 5.56 Å². The molecule has 1 amide bonds. The zero-order chi connectivity index (χ0) is 13.4. The number of carbonyl (C=O) groups excluding carboxylic acids is 1. The van der Waals surface area contributed by atoms with E-state index in [1.54, 1.807) is 6.07 Å². The predicted octanol–water partition coefficient (Wildman–Crippen LogP) is 3.31. The number of carbonyl (C=O) groups is 1. The SMILES string of the molecule is CSCCCCCNC(=O)c1ccc(Cl)cc1O. The Morgan fingerprint density at radius 1 is 1.39 bits per heavy atom. The summed E-state index contributed by atoms with van der Waals surface area (Å²) in [7, 11) is 0. The topological polar surface area (TPSA) is 49.3 Å². The fourth-order valence-corrected chi connectivity index (χ4v) is 2.20. The Morgan fingerprint density at radius 3 is 2.83 bits per heavy atom. The van der Waals surface area contributed by atoms with Crippen LogP contribution in [0.1, 0.15) is 29.6 Å². The molecule has 2 N–H and O–H groups in total. The number of hydrogen-bond acceptors (Lipinski definition) is 3. The number of phenols is 1. The van der Waals surface area contributed by atoms with Crippen LogP contribution in [0, 0.1) is 0 Å². The summed E-state index contributed by atoms with van der Waals surface area (Å²) in [4.78, 5) is 11.7. The van der Waals surface area contributed by atoms with Crippen molar-refractivity contribution in [3.05, 3.63) is 28.8 Å². The van der Waals surface area contributed by atoms with Gasteiger partial charge in [0.2, 0.25) is 0 Å². The van der Waals surface area contributed by atoms with Crippen LogP contribution in [0.4, 0.5) is 0 Å². The standard InChI is InChI=1S/C13H18ClNO2S/c1-18-8-4-2-3-7-15-13(17)11-6-5-10(14)9-12(11)16/h5-6,9,16H,2-4,7-8H2,1H3,(H,15,17). The maximum Gasteiger partial charge on any atom is 0.255 e. The summed E-state index contributed by atoms with van der Waals surface area (Å²) in [5.74, 6) is 0.822. The molecule has 0 heterocycles. The van der Waals surface area contributed by atoms with E-state index >= 15 is 0 Å². The van der Waals surface area contributed by atoms with Gasteiger partial charge >= 0.3 is 0 Å². The molecule has 0 aromatic heterocycles. The van der Waals surface area contributed by atoms with Gasteiger partial charge in [0.1, 0.15) is 5.75 Å². The summed E-state index contributed by atoms with van der Waals surface area (Å²) in [6, 6.07) is 4.49. The van der Waals surface area contributed by atoms with Crippen LogP contribution in [0.15, 0.2) is 18.2 Å². The minimum absolute atomic E-state index is 0.0811. The molecule has 0 bridgehead atoms. The number of phenolic OH excluding ortho intramolecular Hbond substituents is 1. The molecule has 0 saturated carbocycles. The molecule has 5 heteroatoms. The fourth-order valence-electron chi connectivity index (χ4n) is 1.54. The summed E-state index contributed by atoms with van der Waals surface area (Å²) in [6.45, 7) is 0.634. The van der Waals surface area contributed by atoms with Crippen molar-refractivity contribution in [3.8, 4) is 5.75 Å². The van der Waals surface area contributed by atoms with Crippen LogP contribution >= 0.6 is 23.4 Å². The van der Waals surface area contributed by atoms with Crippen LogP contribution in [-0.4, -0.2) is 29.6 Å². The molecule has 0 aliphatic carbocycles. The molecule has 0 aliphatic heterocycles. The van der Waals surface area contributed by atoms with Crippen molar-refractivity contribution in [2.45, 2.75) is 19.3 Å². The molecule has 3 nitrogen and oxygen atoms in total. The maximum atomic E-state index is 11.7. The summed E-state index contributed by atoms with van der Waals surface area (Å²) < 4.78 is 0. The quantitative estimate of drug-likeness (QED) is 0.757.